The highest BCUT2D eigenvalue weighted by atomic mass is 32.2. The van der Waals surface area contributed by atoms with Crippen molar-refractivity contribution in [2.24, 2.45) is 7.05 Å². The molecular formula is C12H10F2N2O3S. The molecule has 2 aromatic rings. The highest BCUT2D eigenvalue weighted by molar-refractivity contribution is 7.92. The van der Waals surface area contributed by atoms with E-state index < -0.39 is 32.1 Å². The predicted octanol–water partition coefficient (Wildman–Crippen LogP) is 1.46. The summed E-state index contributed by atoms with van der Waals surface area (Å²) < 4.78 is 53.9. The molecule has 0 bridgehead atoms. The molecule has 2 rings (SSSR count). The Kier molecular flexibility index (Phi) is 3.58. The van der Waals surface area contributed by atoms with Gasteiger partial charge in [0.25, 0.3) is 15.6 Å². The molecule has 1 heterocycles. The number of hydrogen-bond donors (Lipinski definition) is 1. The van der Waals surface area contributed by atoms with Gasteiger partial charge >= 0.3 is 0 Å². The number of hydrogen-bond acceptors (Lipinski definition) is 3. The minimum atomic E-state index is -4.53. The SMILES string of the molecule is Cn1cccc(NS(=O)(=O)c2c(F)cccc2F)c1=O. The molecule has 0 fully saturated rings. The molecule has 0 aliphatic carbocycles. The number of sulfonamides is 1. The van der Waals surface area contributed by atoms with E-state index in [1.807, 2.05) is 4.72 Å². The lowest BCUT2D eigenvalue weighted by Gasteiger charge is -2.09. The average molecular weight is 300 g/mol. The second-order valence-electron chi connectivity index (χ2n) is 3.99. The van der Waals surface area contributed by atoms with Crippen molar-refractivity contribution in [1.82, 2.24) is 4.57 Å². The smallest absolute Gasteiger partial charge is 0.274 e. The Morgan fingerprint density at radius 1 is 1.10 bits per heavy atom. The highest BCUT2D eigenvalue weighted by Crippen LogP contribution is 2.20. The van der Waals surface area contributed by atoms with Gasteiger partial charge in [0.2, 0.25) is 0 Å². The molecule has 5 nitrogen and oxygen atoms in total. The van der Waals surface area contributed by atoms with Gasteiger partial charge in [0.05, 0.1) is 0 Å². The summed E-state index contributed by atoms with van der Waals surface area (Å²) in [5, 5.41) is 0. The van der Waals surface area contributed by atoms with Gasteiger partial charge in [0.1, 0.15) is 17.3 Å². The van der Waals surface area contributed by atoms with Gasteiger partial charge in [-0.1, -0.05) is 6.07 Å². The fourth-order valence-electron chi connectivity index (χ4n) is 1.61. The number of nitrogens with one attached hydrogen (secondary N) is 1. The molecule has 0 unspecified atom stereocenters. The number of aryl methyl sites for hydroxylation is 1. The summed E-state index contributed by atoms with van der Waals surface area (Å²) >= 11 is 0. The van der Waals surface area contributed by atoms with Crippen LogP contribution in [-0.2, 0) is 17.1 Å². The maximum absolute atomic E-state index is 13.5. The lowest BCUT2D eigenvalue weighted by Crippen LogP contribution is -2.24. The van der Waals surface area contributed by atoms with E-state index in [0.29, 0.717) is 0 Å². The number of halogens is 2. The van der Waals surface area contributed by atoms with E-state index >= 15 is 0 Å². The first-order chi connectivity index (χ1) is 9.33. The Hall–Kier alpha value is -2.22. The molecule has 0 saturated heterocycles. The van der Waals surface area contributed by atoms with Crippen LogP contribution in [-0.4, -0.2) is 13.0 Å². The van der Waals surface area contributed by atoms with Crippen molar-refractivity contribution in [2.45, 2.75) is 4.90 Å². The molecule has 0 spiro atoms. The van der Waals surface area contributed by atoms with Gasteiger partial charge in [0, 0.05) is 13.2 Å². The number of rotatable bonds is 3. The minimum Gasteiger partial charge on any atom is -0.317 e. The number of benzene rings is 1. The van der Waals surface area contributed by atoms with Crippen LogP contribution in [0.25, 0.3) is 0 Å². The van der Waals surface area contributed by atoms with E-state index in [-0.39, 0.29) is 5.69 Å². The fourth-order valence-corrected chi connectivity index (χ4v) is 2.81. The zero-order valence-electron chi connectivity index (χ0n) is 10.3. The Labute approximate surface area is 113 Å². The van der Waals surface area contributed by atoms with Gasteiger partial charge in [-0.15, -0.1) is 0 Å². The monoisotopic (exact) mass is 300 g/mol. The van der Waals surface area contributed by atoms with Gasteiger partial charge in [-0.25, -0.2) is 17.2 Å². The molecule has 1 aromatic carbocycles. The third kappa shape index (κ3) is 2.55. The number of pyridine rings is 1. The van der Waals surface area contributed by atoms with Crippen molar-refractivity contribution in [2.75, 3.05) is 4.72 Å². The van der Waals surface area contributed by atoms with Crippen LogP contribution in [0, 0.1) is 11.6 Å². The van der Waals surface area contributed by atoms with Gasteiger partial charge < -0.3 is 4.57 Å². The number of aromatic nitrogens is 1. The third-order valence-electron chi connectivity index (χ3n) is 2.56. The second-order valence-corrected chi connectivity index (χ2v) is 5.61. The molecule has 0 aliphatic rings. The van der Waals surface area contributed by atoms with Gasteiger partial charge in [-0.2, -0.15) is 0 Å². The van der Waals surface area contributed by atoms with E-state index in [0.717, 1.165) is 22.8 Å². The van der Waals surface area contributed by atoms with Gasteiger partial charge in [-0.3, -0.25) is 9.52 Å². The average Bonchev–Trinajstić information content (AvgIpc) is 2.34. The van der Waals surface area contributed by atoms with E-state index in [1.165, 1.54) is 25.4 Å². The first kappa shape index (κ1) is 14.2. The van der Waals surface area contributed by atoms with Crippen LogP contribution in [0.4, 0.5) is 14.5 Å². The first-order valence-corrected chi connectivity index (χ1v) is 6.94. The van der Waals surface area contributed by atoms with E-state index in [2.05, 4.69) is 0 Å². The zero-order valence-corrected chi connectivity index (χ0v) is 11.1. The summed E-state index contributed by atoms with van der Waals surface area (Å²) in [7, 11) is -3.11. The van der Waals surface area contributed by atoms with Crippen molar-refractivity contribution in [3.05, 3.63) is 58.5 Å². The van der Waals surface area contributed by atoms with Crippen molar-refractivity contribution < 1.29 is 17.2 Å². The topological polar surface area (TPSA) is 68.2 Å². The van der Waals surface area contributed by atoms with Crippen LogP contribution in [0.15, 0.2) is 46.2 Å². The van der Waals surface area contributed by atoms with Crippen molar-refractivity contribution in [3.63, 3.8) is 0 Å². The van der Waals surface area contributed by atoms with E-state index in [4.69, 9.17) is 0 Å². The van der Waals surface area contributed by atoms with Crippen LogP contribution in [0.2, 0.25) is 0 Å². The molecule has 8 heteroatoms. The molecule has 106 valence electrons. The van der Waals surface area contributed by atoms with E-state index in [9.17, 15) is 22.0 Å². The summed E-state index contributed by atoms with van der Waals surface area (Å²) in [6.07, 6.45) is 1.42. The maximum Gasteiger partial charge on any atom is 0.274 e. The lowest BCUT2D eigenvalue weighted by atomic mass is 10.3. The van der Waals surface area contributed by atoms with Crippen molar-refractivity contribution >= 4 is 15.7 Å². The van der Waals surface area contributed by atoms with E-state index in [1.54, 1.807) is 0 Å². The Morgan fingerprint density at radius 2 is 1.70 bits per heavy atom. The largest absolute Gasteiger partial charge is 0.317 e. The lowest BCUT2D eigenvalue weighted by molar-refractivity contribution is 0.521. The third-order valence-corrected chi connectivity index (χ3v) is 3.97. The number of nitrogens with zero attached hydrogens (tertiary/aromatic N) is 1. The zero-order chi connectivity index (χ0) is 14.9. The Balaban J connectivity index is 2.52. The molecule has 0 amide bonds. The highest BCUT2D eigenvalue weighted by Gasteiger charge is 2.24. The van der Waals surface area contributed by atoms with Crippen LogP contribution in [0.3, 0.4) is 0 Å². The maximum atomic E-state index is 13.5. The predicted molar refractivity (Wildman–Crippen MR) is 68.8 cm³/mol. The second kappa shape index (κ2) is 5.04. The Morgan fingerprint density at radius 3 is 2.30 bits per heavy atom. The summed E-state index contributed by atoms with van der Waals surface area (Å²) in [4.78, 5) is 10.6. The molecule has 1 aromatic heterocycles. The molecule has 1 N–H and O–H groups in total. The fraction of sp³-hybridized carbons (Fsp3) is 0.0833. The van der Waals surface area contributed by atoms with Gasteiger partial charge in [0.15, 0.2) is 4.90 Å². The first-order valence-electron chi connectivity index (χ1n) is 5.45. The summed E-state index contributed by atoms with van der Waals surface area (Å²) in [5.74, 6) is -2.46. The summed E-state index contributed by atoms with van der Waals surface area (Å²) in [6, 6.07) is 5.32. The normalized spacial score (nSPS) is 11.3. The number of anilines is 1. The molecule has 20 heavy (non-hydrogen) atoms. The van der Waals surface area contributed by atoms with Crippen LogP contribution < -0.4 is 10.3 Å². The summed E-state index contributed by atoms with van der Waals surface area (Å²) in [5.41, 5.74) is -0.925. The molecular weight excluding hydrogens is 290 g/mol. The molecule has 0 saturated carbocycles. The van der Waals surface area contributed by atoms with Crippen molar-refractivity contribution in [3.8, 4) is 0 Å². The quantitative estimate of drug-likeness (QED) is 0.933. The molecule has 0 aliphatic heterocycles. The molecule has 0 atom stereocenters. The van der Waals surface area contributed by atoms with Crippen LogP contribution in [0.1, 0.15) is 0 Å². The van der Waals surface area contributed by atoms with Crippen LogP contribution in [0.5, 0.6) is 0 Å². The van der Waals surface area contributed by atoms with Gasteiger partial charge in [-0.05, 0) is 24.3 Å². The van der Waals surface area contributed by atoms with Crippen LogP contribution >= 0.6 is 0 Å². The molecule has 0 radical (unpaired) electrons. The van der Waals surface area contributed by atoms with Crippen molar-refractivity contribution in [1.29, 1.82) is 0 Å². The summed E-state index contributed by atoms with van der Waals surface area (Å²) in [6.45, 7) is 0. The standard InChI is InChI=1S/C12H10F2N2O3S/c1-16-7-3-6-10(12(16)17)15-20(18,19)11-8(13)4-2-5-9(11)14/h2-7,15H,1H3. The minimum absolute atomic E-state index is 0.294. The Bertz CT molecular complexity index is 795.